The summed E-state index contributed by atoms with van der Waals surface area (Å²) < 4.78 is 6.94. The van der Waals surface area contributed by atoms with Crippen LogP contribution in [0.1, 0.15) is 30.9 Å². The summed E-state index contributed by atoms with van der Waals surface area (Å²) in [6.45, 7) is 4.49. The maximum atomic E-state index is 12.5. The molecular formula is C20H26N4O3. The normalized spacial score (nSPS) is 14.8. The van der Waals surface area contributed by atoms with Crippen LogP contribution in [0.4, 0.5) is 4.79 Å². The van der Waals surface area contributed by atoms with Crippen LogP contribution >= 0.6 is 0 Å². The van der Waals surface area contributed by atoms with Gasteiger partial charge in [0.2, 0.25) is 0 Å². The number of benzene rings is 1. The molecule has 0 aliphatic carbocycles. The predicted molar refractivity (Wildman–Crippen MR) is 101 cm³/mol. The minimum absolute atomic E-state index is 0.0915. The van der Waals surface area contributed by atoms with E-state index in [-0.39, 0.29) is 17.9 Å². The summed E-state index contributed by atoms with van der Waals surface area (Å²) in [5, 5.41) is 7.24. The Morgan fingerprint density at radius 3 is 2.59 bits per heavy atom. The molecule has 2 amide bonds. The highest BCUT2D eigenvalue weighted by Gasteiger charge is 2.28. The summed E-state index contributed by atoms with van der Waals surface area (Å²) in [6, 6.07) is 9.83. The molecule has 0 unspecified atom stereocenters. The van der Waals surface area contributed by atoms with E-state index in [1.165, 1.54) is 0 Å². The number of hydrogen-bond acceptors (Lipinski definition) is 4. The van der Waals surface area contributed by atoms with Crippen LogP contribution in [0, 0.1) is 5.92 Å². The molecule has 7 heteroatoms. The molecule has 2 aromatic rings. The van der Waals surface area contributed by atoms with E-state index in [0.29, 0.717) is 45.6 Å². The van der Waals surface area contributed by atoms with Crippen molar-refractivity contribution in [2.24, 2.45) is 5.92 Å². The molecule has 1 saturated heterocycles. The highest BCUT2D eigenvalue weighted by Crippen LogP contribution is 2.19. The number of hydrogen-bond donors (Lipinski definition) is 1. The average molecular weight is 370 g/mol. The molecule has 1 aromatic carbocycles. The van der Waals surface area contributed by atoms with Gasteiger partial charge in [0.15, 0.2) is 0 Å². The SMILES string of the molecule is CCOC(=O)C1CCN(C(=O)NCc2ccccc2Cn2cccn2)CC1. The van der Waals surface area contributed by atoms with Crippen molar-refractivity contribution in [1.82, 2.24) is 20.0 Å². The fraction of sp³-hybridized carbons (Fsp3) is 0.450. The molecule has 0 bridgehead atoms. The van der Waals surface area contributed by atoms with Gasteiger partial charge in [-0.15, -0.1) is 0 Å². The van der Waals surface area contributed by atoms with Crippen LogP contribution in [0.25, 0.3) is 0 Å². The molecule has 0 spiro atoms. The number of carbonyl (C=O) groups is 2. The van der Waals surface area contributed by atoms with E-state index in [1.807, 2.05) is 48.1 Å². The van der Waals surface area contributed by atoms with Crippen LogP contribution < -0.4 is 5.32 Å². The minimum Gasteiger partial charge on any atom is -0.466 e. The zero-order chi connectivity index (χ0) is 19.1. The third-order valence-corrected chi connectivity index (χ3v) is 4.84. The summed E-state index contributed by atoms with van der Waals surface area (Å²) in [5.41, 5.74) is 2.20. The third-order valence-electron chi connectivity index (χ3n) is 4.84. The van der Waals surface area contributed by atoms with Gasteiger partial charge in [-0.05, 0) is 37.0 Å². The monoisotopic (exact) mass is 370 g/mol. The Kier molecular flexibility index (Phi) is 6.46. The van der Waals surface area contributed by atoms with Crippen molar-refractivity contribution in [3.63, 3.8) is 0 Å². The van der Waals surface area contributed by atoms with E-state index in [2.05, 4.69) is 10.4 Å². The maximum absolute atomic E-state index is 12.5. The highest BCUT2D eigenvalue weighted by atomic mass is 16.5. The van der Waals surface area contributed by atoms with E-state index in [0.717, 1.165) is 11.1 Å². The summed E-state index contributed by atoms with van der Waals surface area (Å²) in [5.74, 6) is -0.242. The summed E-state index contributed by atoms with van der Waals surface area (Å²) >= 11 is 0. The van der Waals surface area contributed by atoms with Crippen molar-refractivity contribution < 1.29 is 14.3 Å². The fourth-order valence-corrected chi connectivity index (χ4v) is 3.31. The molecule has 2 heterocycles. The standard InChI is InChI=1S/C20H26N4O3/c1-2-27-19(25)16-8-12-23(13-9-16)20(26)21-14-17-6-3-4-7-18(17)15-24-11-5-10-22-24/h3-7,10-11,16H,2,8-9,12-15H2,1H3,(H,21,26). The van der Waals surface area contributed by atoms with E-state index < -0.39 is 0 Å². The van der Waals surface area contributed by atoms with Crippen molar-refractivity contribution in [2.75, 3.05) is 19.7 Å². The Hall–Kier alpha value is -2.83. The van der Waals surface area contributed by atoms with Crippen LogP contribution in [-0.4, -0.2) is 46.4 Å². The molecule has 1 N–H and O–H groups in total. The molecule has 7 nitrogen and oxygen atoms in total. The zero-order valence-corrected chi connectivity index (χ0v) is 15.6. The van der Waals surface area contributed by atoms with Crippen molar-refractivity contribution in [3.05, 3.63) is 53.9 Å². The maximum Gasteiger partial charge on any atom is 0.317 e. The summed E-state index contributed by atoms with van der Waals surface area (Å²) in [6.07, 6.45) is 4.98. The quantitative estimate of drug-likeness (QED) is 0.793. The van der Waals surface area contributed by atoms with Gasteiger partial charge in [-0.3, -0.25) is 9.48 Å². The summed E-state index contributed by atoms with van der Waals surface area (Å²) in [4.78, 5) is 26.1. The van der Waals surface area contributed by atoms with Crippen LogP contribution in [0.5, 0.6) is 0 Å². The molecule has 144 valence electrons. The lowest BCUT2D eigenvalue weighted by molar-refractivity contribution is -0.149. The number of esters is 1. The number of urea groups is 1. The van der Waals surface area contributed by atoms with Gasteiger partial charge in [-0.2, -0.15) is 5.10 Å². The number of nitrogens with zero attached hydrogens (tertiary/aromatic N) is 3. The van der Waals surface area contributed by atoms with Gasteiger partial charge in [-0.1, -0.05) is 24.3 Å². The lowest BCUT2D eigenvalue weighted by Crippen LogP contribution is -2.45. The molecular weight excluding hydrogens is 344 g/mol. The minimum atomic E-state index is -0.148. The first-order valence-electron chi connectivity index (χ1n) is 9.41. The Morgan fingerprint density at radius 2 is 1.93 bits per heavy atom. The smallest absolute Gasteiger partial charge is 0.317 e. The highest BCUT2D eigenvalue weighted by molar-refractivity contribution is 5.76. The lowest BCUT2D eigenvalue weighted by atomic mass is 9.97. The average Bonchev–Trinajstić information content (AvgIpc) is 3.20. The van der Waals surface area contributed by atoms with Crippen molar-refractivity contribution in [1.29, 1.82) is 0 Å². The zero-order valence-electron chi connectivity index (χ0n) is 15.6. The number of amides is 2. The first-order chi connectivity index (χ1) is 13.2. The molecule has 1 aliphatic heterocycles. The Labute approximate surface area is 159 Å². The second kappa shape index (κ2) is 9.21. The largest absolute Gasteiger partial charge is 0.466 e. The first kappa shape index (κ1) is 18.9. The van der Waals surface area contributed by atoms with Gasteiger partial charge >= 0.3 is 12.0 Å². The van der Waals surface area contributed by atoms with Crippen LogP contribution in [0.3, 0.4) is 0 Å². The van der Waals surface area contributed by atoms with Crippen LogP contribution in [0.15, 0.2) is 42.7 Å². The van der Waals surface area contributed by atoms with Gasteiger partial charge in [0, 0.05) is 32.0 Å². The molecule has 0 radical (unpaired) electrons. The van der Waals surface area contributed by atoms with E-state index >= 15 is 0 Å². The summed E-state index contributed by atoms with van der Waals surface area (Å²) in [7, 11) is 0. The van der Waals surface area contributed by atoms with Gasteiger partial charge in [0.25, 0.3) is 0 Å². The Bertz CT molecular complexity index is 752. The molecule has 1 aliphatic rings. The number of rotatable bonds is 6. The Morgan fingerprint density at radius 1 is 1.19 bits per heavy atom. The van der Waals surface area contributed by atoms with Crippen LogP contribution in [-0.2, 0) is 22.6 Å². The van der Waals surface area contributed by atoms with Gasteiger partial charge < -0.3 is 15.0 Å². The van der Waals surface area contributed by atoms with Gasteiger partial charge in [0.1, 0.15) is 0 Å². The van der Waals surface area contributed by atoms with E-state index in [1.54, 1.807) is 11.1 Å². The number of nitrogens with one attached hydrogen (secondary N) is 1. The fourth-order valence-electron chi connectivity index (χ4n) is 3.31. The first-order valence-corrected chi connectivity index (χ1v) is 9.41. The number of likely N-dealkylation sites (tertiary alicyclic amines) is 1. The lowest BCUT2D eigenvalue weighted by Gasteiger charge is -2.31. The molecule has 0 atom stereocenters. The number of ether oxygens (including phenoxy) is 1. The Balaban J connectivity index is 1.51. The number of piperidine rings is 1. The van der Waals surface area contributed by atoms with Gasteiger partial charge in [-0.25, -0.2) is 4.79 Å². The molecule has 1 aromatic heterocycles. The van der Waals surface area contributed by atoms with E-state index in [4.69, 9.17) is 4.74 Å². The molecule has 0 saturated carbocycles. The molecule has 1 fully saturated rings. The predicted octanol–water partition coefficient (Wildman–Crippen LogP) is 2.42. The third kappa shape index (κ3) is 5.09. The van der Waals surface area contributed by atoms with Crippen molar-refractivity contribution in [2.45, 2.75) is 32.9 Å². The second-order valence-electron chi connectivity index (χ2n) is 6.64. The van der Waals surface area contributed by atoms with E-state index in [9.17, 15) is 9.59 Å². The van der Waals surface area contributed by atoms with Gasteiger partial charge in [0.05, 0.1) is 19.1 Å². The number of carbonyl (C=O) groups excluding carboxylic acids is 2. The van der Waals surface area contributed by atoms with Crippen molar-refractivity contribution in [3.8, 4) is 0 Å². The topological polar surface area (TPSA) is 76.5 Å². The van der Waals surface area contributed by atoms with Crippen molar-refractivity contribution >= 4 is 12.0 Å². The molecule has 3 rings (SSSR count). The second-order valence-corrected chi connectivity index (χ2v) is 6.64. The number of aromatic nitrogens is 2. The van der Waals surface area contributed by atoms with Crippen LogP contribution in [0.2, 0.25) is 0 Å². The molecule has 27 heavy (non-hydrogen) atoms.